The number of anilines is 1. The van der Waals surface area contributed by atoms with Gasteiger partial charge in [0.2, 0.25) is 5.69 Å². The van der Waals surface area contributed by atoms with Crippen LogP contribution >= 0.6 is 0 Å². The van der Waals surface area contributed by atoms with Crippen molar-refractivity contribution in [2.75, 3.05) is 11.4 Å². The van der Waals surface area contributed by atoms with E-state index in [4.69, 9.17) is 0 Å². The van der Waals surface area contributed by atoms with Crippen molar-refractivity contribution in [2.45, 2.75) is 19.0 Å². The zero-order chi connectivity index (χ0) is 18.9. The Labute approximate surface area is 138 Å². The fraction of sp³-hybridized carbons (Fsp3) is 0.357. The highest BCUT2D eigenvalue weighted by atomic mass is 19.4. The van der Waals surface area contributed by atoms with Crippen molar-refractivity contribution in [3.8, 4) is 0 Å². The van der Waals surface area contributed by atoms with Crippen LogP contribution in [0.25, 0.3) is 0 Å². The molecule has 134 valence electrons. The second-order valence-electron chi connectivity index (χ2n) is 5.47. The minimum Gasteiger partial charge on any atom is -0.297 e. The van der Waals surface area contributed by atoms with Crippen LogP contribution in [0.1, 0.15) is 18.4 Å². The van der Waals surface area contributed by atoms with Crippen molar-refractivity contribution in [2.24, 2.45) is 5.92 Å². The standard InChI is InChI=1S/C14H12F3N3O5/c1-2-12(21)18(7-8-3-4-8)13-10(19(22)23)5-9(14(15,16)17)6-11(13)20(24)25/h2,5-6,8H,1,3-4,7H2. The summed E-state index contributed by atoms with van der Waals surface area (Å²) in [7, 11) is 0. The molecule has 0 spiro atoms. The minimum atomic E-state index is -5.02. The molecule has 1 saturated carbocycles. The van der Waals surface area contributed by atoms with Gasteiger partial charge in [0.1, 0.15) is 0 Å². The molecule has 2 rings (SSSR count). The summed E-state index contributed by atoms with van der Waals surface area (Å²) in [5.41, 5.74) is -4.61. The summed E-state index contributed by atoms with van der Waals surface area (Å²) < 4.78 is 38.7. The molecule has 0 bridgehead atoms. The molecule has 0 aliphatic heterocycles. The van der Waals surface area contributed by atoms with Gasteiger partial charge in [0.05, 0.1) is 15.4 Å². The third-order valence-electron chi connectivity index (χ3n) is 3.64. The number of hydrogen-bond donors (Lipinski definition) is 0. The van der Waals surface area contributed by atoms with Crippen LogP contribution in [-0.2, 0) is 11.0 Å². The Morgan fingerprint density at radius 3 is 2.04 bits per heavy atom. The normalized spacial score (nSPS) is 14.0. The first-order valence-electron chi connectivity index (χ1n) is 7.04. The van der Waals surface area contributed by atoms with E-state index in [9.17, 15) is 38.2 Å². The van der Waals surface area contributed by atoms with Gasteiger partial charge in [-0.05, 0) is 24.8 Å². The number of nitro groups is 2. The van der Waals surface area contributed by atoms with Crippen molar-refractivity contribution in [1.82, 2.24) is 0 Å². The number of alkyl halides is 3. The Kier molecular flexibility index (Phi) is 4.77. The minimum absolute atomic E-state index is 0.0228. The van der Waals surface area contributed by atoms with E-state index in [1.807, 2.05) is 0 Å². The Hall–Kier alpha value is -2.98. The maximum atomic E-state index is 12.9. The fourth-order valence-corrected chi connectivity index (χ4v) is 2.28. The highest BCUT2D eigenvalue weighted by molar-refractivity contribution is 6.04. The predicted octanol–water partition coefficient (Wildman–Crippen LogP) is 3.45. The van der Waals surface area contributed by atoms with Crippen molar-refractivity contribution in [1.29, 1.82) is 0 Å². The quantitative estimate of drug-likeness (QED) is 0.439. The van der Waals surface area contributed by atoms with Crippen LogP contribution in [0.4, 0.5) is 30.2 Å². The number of benzene rings is 1. The third kappa shape index (κ3) is 3.92. The SMILES string of the molecule is C=CC(=O)N(CC1CC1)c1c([N+](=O)[O-])cc(C(F)(F)F)cc1[N+](=O)[O-]. The highest BCUT2D eigenvalue weighted by Crippen LogP contribution is 2.44. The lowest BCUT2D eigenvalue weighted by atomic mass is 10.1. The van der Waals surface area contributed by atoms with Gasteiger partial charge >= 0.3 is 17.6 Å². The molecule has 1 aliphatic carbocycles. The lowest BCUT2D eigenvalue weighted by Gasteiger charge is -2.21. The number of carbonyl (C=O) groups excluding carboxylic acids is 1. The van der Waals surface area contributed by atoms with Gasteiger partial charge in [0.25, 0.3) is 5.91 Å². The first-order chi connectivity index (χ1) is 11.6. The predicted molar refractivity (Wildman–Crippen MR) is 80.0 cm³/mol. The molecule has 1 aliphatic rings. The number of amides is 1. The number of nitrogens with zero attached hydrogens (tertiary/aromatic N) is 3. The topological polar surface area (TPSA) is 107 Å². The van der Waals surface area contributed by atoms with Crippen LogP contribution in [0.15, 0.2) is 24.8 Å². The van der Waals surface area contributed by atoms with Gasteiger partial charge in [-0.2, -0.15) is 13.2 Å². The van der Waals surface area contributed by atoms with E-state index in [1.165, 1.54) is 0 Å². The molecule has 0 heterocycles. The number of halogens is 3. The van der Waals surface area contributed by atoms with Gasteiger partial charge < -0.3 is 0 Å². The van der Waals surface area contributed by atoms with Gasteiger partial charge in [-0.25, -0.2) is 0 Å². The number of nitro benzene ring substituents is 2. The van der Waals surface area contributed by atoms with E-state index in [-0.39, 0.29) is 24.6 Å². The van der Waals surface area contributed by atoms with E-state index < -0.39 is 44.6 Å². The molecule has 0 atom stereocenters. The smallest absolute Gasteiger partial charge is 0.297 e. The van der Waals surface area contributed by atoms with Gasteiger partial charge in [-0.15, -0.1) is 0 Å². The van der Waals surface area contributed by atoms with Gasteiger partial charge in [-0.1, -0.05) is 6.58 Å². The average molecular weight is 359 g/mol. The maximum absolute atomic E-state index is 12.9. The van der Waals surface area contributed by atoms with Crippen LogP contribution in [-0.4, -0.2) is 22.3 Å². The molecule has 0 unspecified atom stereocenters. The monoisotopic (exact) mass is 359 g/mol. The van der Waals surface area contributed by atoms with Crippen LogP contribution in [0.2, 0.25) is 0 Å². The molecule has 0 saturated heterocycles. The highest BCUT2D eigenvalue weighted by Gasteiger charge is 2.41. The Balaban J connectivity index is 2.75. The third-order valence-corrected chi connectivity index (χ3v) is 3.64. The second kappa shape index (κ2) is 6.49. The summed E-state index contributed by atoms with van der Waals surface area (Å²) in [6.07, 6.45) is -2.79. The molecule has 11 heteroatoms. The van der Waals surface area contributed by atoms with Gasteiger partial charge in [-0.3, -0.25) is 29.9 Å². The van der Waals surface area contributed by atoms with E-state index in [1.54, 1.807) is 0 Å². The molecule has 1 fully saturated rings. The van der Waals surface area contributed by atoms with Gasteiger partial charge in [0.15, 0.2) is 0 Å². The van der Waals surface area contributed by atoms with Crippen molar-refractivity contribution < 1.29 is 27.8 Å². The summed E-state index contributed by atoms with van der Waals surface area (Å²) in [6.45, 7) is 3.16. The fourth-order valence-electron chi connectivity index (χ4n) is 2.28. The summed E-state index contributed by atoms with van der Waals surface area (Å²) in [6, 6.07) is 0.386. The Morgan fingerprint density at radius 1 is 1.24 bits per heavy atom. The van der Waals surface area contributed by atoms with Crippen molar-refractivity contribution in [3.05, 3.63) is 50.6 Å². The van der Waals surface area contributed by atoms with Gasteiger partial charge in [0, 0.05) is 18.7 Å². The first kappa shape index (κ1) is 18.4. The zero-order valence-electron chi connectivity index (χ0n) is 12.7. The lowest BCUT2D eigenvalue weighted by Crippen LogP contribution is -2.32. The molecule has 0 aromatic heterocycles. The molecule has 1 amide bonds. The summed E-state index contributed by atoms with van der Waals surface area (Å²) in [5.74, 6) is -0.886. The molecule has 1 aromatic carbocycles. The molecule has 25 heavy (non-hydrogen) atoms. The summed E-state index contributed by atoms with van der Waals surface area (Å²) >= 11 is 0. The number of hydrogen-bond acceptors (Lipinski definition) is 5. The van der Waals surface area contributed by atoms with Crippen LogP contribution in [0, 0.1) is 26.1 Å². The van der Waals surface area contributed by atoms with Crippen LogP contribution < -0.4 is 4.90 Å². The van der Waals surface area contributed by atoms with E-state index >= 15 is 0 Å². The summed E-state index contributed by atoms with van der Waals surface area (Å²) in [4.78, 5) is 32.9. The first-order valence-corrected chi connectivity index (χ1v) is 7.04. The molecule has 8 nitrogen and oxygen atoms in total. The van der Waals surface area contributed by atoms with Crippen LogP contribution in [0.5, 0.6) is 0 Å². The van der Waals surface area contributed by atoms with E-state index in [0.29, 0.717) is 12.8 Å². The second-order valence-corrected chi connectivity index (χ2v) is 5.47. The largest absolute Gasteiger partial charge is 0.416 e. The maximum Gasteiger partial charge on any atom is 0.416 e. The average Bonchev–Trinajstić information content (AvgIpc) is 3.33. The molecular weight excluding hydrogens is 347 g/mol. The molecule has 0 radical (unpaired) electrons. The number of rotatable bonds is 6. The van der Waals surface area contributed by atoms with Crippen molar-refractivity contribution in [3.63, 3.8) is 0 Å². The van der Waals surface area contributed by atoms with Crippen LogP contribution in [0.3, 0.4) is 0 Å². The Bertz CT molecular complexity index is 724. The van der Waals surface area contributed by atoms with E-state index in [0.717, 1.165) is 11.0 Å². The summed E-state index contributed by atoms with van der Waals surface area (Å²) in [5, 5.41) is 22.5. The molecule has 1 aromatic rings. The molecule has 0 N–H and O–H groups in total. The van der Waals surface area contributed by atoms with Crippen molar-refractivity contribution >= 4 is 23.0 Å². The van der Waals surface area contributed by atoms with E-state index in [2.05, 4.69) is 6.58 Å². The Morgan fingerprint density at radius 2 is 1.72 bits per heavy atom. The number of carbonyl (C=O) groups is 1. The zero-order valence-corrected chi connectivity index (χ0v) is 12.7. The molecular formula is C14H12F3N3O5. The lowest BCUT2D eigenvalue weighted by molar-refractivity contribution is -0.393.